The van der Waals surface area contributed by atoms with E-state index < -0.39 is 6.04 Å². The molecule has 1 rings (SSSR count). The van der Waals surface area contributed by atoms with Crippen LogP contribution in [0.5, 0.6) is 0 Å². The molecule has 0 aliphatic carbocycles. The van der Waals surface area contributed by atoms with Gasteiger partial charge in [-0.15, -0.1) is 0 Å². The lowest BCUT2D eigenvalue weighted by atomic mass is 10.1. The van der Waals surface area contributed by atoms with Crippen LogP contribution in [0.3, 0.4) is 0 Å². The summed E-state index contributed by atoms with van der Waals surface area (Å²) in [6.07, 6.45) is 1.62. The molecule has 0 fully saturated rings. The zero-order valence-corrected chi connectivity index (χ0v) is 14.5. The van der Waals surface area contributed by atoms with Crippen LogP contribution in [-0.4, -0.2) is 49.4 Å². The van der Waals surface area contributed by atoms with Gasteiger partial charge in [-0.2, -0.15) is 0 Å². The molecule has 0 radical (unpaired) electrons. The van der Waals surface area contributed by atoms with Crippen molar-refractivity contribution in [2.24, 2.45) is 5.73 Å². The molecule has 0 heterocycles. The molecule has 0 spiro atoms. The standard InChI is InChI=1S/C18H28N2O5/c19-16(18(23)20-10-4-12-24-13-5-11-21)8-9-17(22)25-14-15-6-2-1-3-7-15/h1-3,6-7,16,21H,4-5,8-14,19H2,(H,20,23). The fourth-order valence-corrected chi connectivity index (χ4v) is 2.00. The summed E-state index contributed by atoms with van der Waals surface area (Å²) < 4.78 is 10.4. The second kappa shape index (κ2) is 13.3. The highest BCUT2D eigenvalue weighted by molar-refractivity contribution is 5.82. The predicted octanol–water partition coefficient (Wildman–Crippen LogP) is 0.743. The summed E-state index contributed by atoms with van der Waals surface area (Å²) in [4.78, 5) is 23.5. The van der Waals surface area contributed by atoms with Crippen molar-refractivity contribution in [1.82, 2.24) is 5.32 Å². The van der Waals surface area contributed by atoms with Crippen LogP contribution in [0.1, 0.15) is 31.2 Å². The van der Waals surface area contributed by atoms with Crippen LogP contribution in [0.15, 0.2) is 30.3 Å². The van der Waals surface area contributed by atoms with Crippen LogP contribution in [0.2, 0.25) is 0 Å². The highest BCUT2D eigenvalue weighted by Gasteiger charge is 2.15. The minimum Gasteiger partial charge on any atom is -0.461 e. The lowest BCUT2D eigenvalue weighted by Gasteiger charge is -2.12. The van der Waals surface area contributed by atoms with Gasteiger partial charge in [-0.25, -0.2) is 0 Å². The van der Waals surface area contributed by atoms with Gasteiger partial charge in [0, 0.05) is 32.8 Å². The number of aliphatic hydroxyl groups is 1. The average molecular weight is 352 g/mol. The first-order valence-corrected chi connectivity index (χ1v) is 8.55. The van der Waals surface area contributed by atoms with E-state index in [1.807, 2.05) is 30.3 Å². The molecule has 1 unspecified atom stereocenters. The Morgan fingerprint density at radius 1 is 1.16 bits per heavy atom. The number of hydrogen-bond acceptors (Lipinski definition) is 6. The molecule has 4 N–H and O–H groups in total. The third-order valence-corrected chi connectivity index (χ3v) is 3.45. The van der Waals surface area contributed by atoms with Gasteiger partial charge in [-0.05, 0) is 24.8 Å². The Kier molecular flexibility index (Phi) is 11.3. The fourth-order valence-electron chi connectivity index (χ4n) is 2.00. The van der Waals surface area contributed by atoms with E-state index in [4.69, 9.17) is 20.3 Å². The van der Waals surface area contributed by atoms with Crippen LogP contribution in [0.4, 0.5) is 0 Å². The van der Waals surface area contributed by atoms with Crippen molar-refractivity contribution in [2.75, 3.05) is 26.4 Å². The van der Waals surface area contributed by atoms with Crippen LogP contribution in [0.25, 0.3) is 0 Å². The molecular formula is C18H28N2O5. The van der Waals surface area contributed by atoms with Crippen molar-refractivity contribution in [3.63, 3.8) is 0 Å². The molecule has 140 valence electrons. The van der Waals surface area contributed by atoms with Crippen molar-refractivity contribution < 1.29 is 24.2 Å². The van der Waals surface area contributed by atoms with Gasteiger partial charge in [0.25, 0.3) is 0 Å². The third-order valence-electron chi connectivity index (χ3n) is 3.45. The third kappa shape index (κ3) is 10.5. The van der Waals surface area contributed by atoms with Gasteiger partial charge in [0.15, 0.2) is 0 Å². The average Bonchev–Trinajstić information content (AvgIpc) is 2.64. The van der Waals surface area contributed by atoms with Gasteiger partial charge in [-0.1, -0.05) is 30.3 Å². The second-order valence-corrected chi connectivity index (χ2v) is 5.63. The molecular weight excluding hydrogens is 324 g/mol. The zero-order valence-electron chi connectivity index (χ0n) is 14.5. The predicted molar refractivity (Wildman–Crippen MR) is 93.6 cm³/mol. The minimum absolute atomic E-state index is 0.103. The summed E-state index contributed by atoms with van der Waals surface area (Å²) in [5.41, 5.74) is 6.69. The minimum atomic E-state index is -0.736. The smallest absolute Gasteiger partial charge is 0.306 e. The first kappa shape index (κ1) is 21.1. The fraction of sp³-hybridized carbons (Fsp3) is 0.556. The summed E-state index contributed by atoms with van der Waals surface area (Å²) in [5.74, 6) is -0.657. The molecule has 1 aromatic rings. The van der Waals surface area contributed by atoms with Crippen molar-refractivity contribution in [3.8, 4) is 0 Å². The molecule has 0 aromatic heterocycles. The second-order valence-electron chi connectivity index (χ2n) is 5.63. The van der Waals surface area contributed by atoms with Crippen LogP contribution < -0.4 is 11.1 Å². The highest BCUT2D eigenvalue weighted by atomic mass is 16.5. The van der Waals surface area contributed by atoms with Gasteiger partial charge in [0.1, 0.15) is 6.61 Å². The van der Waals surface area contributed by atoms with E-state index >= 15 is 0 Å². The van der Waals surface area contributed by atoms with Gasteiger partial charge in [0.05, 0.1) is 6.04 Å². The van der Waals surface area contributed by atoms with Crippen molar-refractivity contribution in [1.29, 1.82) is 0 Å². The van der Waals surface area contributed by atoms with Crippen molar-refractivity contribution >= 4 is 11.9 Å². The Bertz CT molecular complexity index is 495. The summed E-state index contributed by atoms with van der Waals surface area (Å²) in [6, 6.07) is 8.66. The molecule has 0 aliphatic rings. The Labute approximate surface area is 148 Å². The highest BCUT2D eigenvalue weighted by Crippen LogP contribution is 2.03. The molecule has 1 atom stereocenters. The van der Waals surface area contributed by atoms with Crippen LogP contribution in [-0.2, 0) is 25.7 Å². The van der Waals surface area contributed by atoms with E-state index in [2.05, 4.69) is 5.32 Å². The maximum absolute atomic E-state index is 11.8. The van der Waals surface area contributed by atoms with E-state index in [0.29, 0.717) is 32.6 Å². The number of hydrogen-bond donors (Lipinski definition) is 3. The number of esters is 1. The number of carbonyl (C=O) groups is 2. The molecule has 1 amide bonds. The van der Waals surface area contributed by atoms with Crippen molar-refractivity contribution in [3.05, 3.63) is 35.9 Å². The lowest BCUT2D eigenvalue weighted by molar-refractivity contribution is -0.145. The molecule has 0 saturated heterocycles. The Morgan fingerprint density at radius 2 is 1.88 bits per heavy atom. The first-order chi connectivity index (χ1) is 12.1. The Balaban J connectivity index is 2.06. The number of nitrogens with one attached hydrogen (secondary N) is 1. The molecule has 0 saturated carbocycles. The van der Waals surface area contributed by atoms with E-state index in [1.165, 1.54) is 0 Å². The van der Waals surface area contributed by atoms with E-state index in [-0.39, 0.29) is 37.9 Å². The normalized spacial score (nSPS) is 11.8. The van der Waals surface area contributed by atoms with Gasteiger partial charge in [0.2, 0.25) is 5.91 Å². The van der Waals surface area contributed by atoms with E-state index in [1.54, 1.807) is 0 Å². The SMILES string of the molecule is NC(CCC(=O)OCc1ccccc1)C(=O)NCCCOCCCO. The maximum atomic E-state index is 11.8. The summed E-state index contributed by atoms with van der Waals surface area (Å²) in [6.45, 7) is 1.82. The molecule has 7 heteroatoms. The summed E-state index contributed by atoms with van der Waals surface area (Å²) >= 11 is 0. The molecule has 7 nitrogen and oxygen atoms in total. The summed E-state index contributed by atoms with van der Waals surface area (Å²) in [5, 5.41) is 11.3. The number of ether oxygens (including phenoxy) is 2. The number of aliphatic hydroxyl groups excluding tert-OH is 1. The van der Waals surface area contributed by atoms with Gasteiger partial charge >= 0.3 is 5.97 Å². The Hall–Kier alpha value is -1.96. The largest absolute Gasteiger partial charge is 0.461 e. The number of carbonyl (C=O) groups excluding carboxylic acids is 2. The van der Waals surface area contributed by atoms with Crippen LogP contribution in [0, 0.1) is 0 Å². The number of rotatable bonds is 13. The first-order valence-electron chi connectivity index (χ1n) is 8.55. The van der Waals surface area contributed by atoms with Crippen molar-refractivity contribution in [2.45, 2.75) is 38.3 Å². The number of benzene rings is 1. The summed E-state index contributed by atoms with van der Waals surface area (Å²) in [7, 11) is 0. The lowest BCUT2D eigenvalue weighted by Crippen LogP contribution is -2.41. The molecule has 1 aromatic carbocycles. The van der Waals surface area contributed by atoms with E-state index in [9.17, 15) is 9.59 Å². The van der Waals surface area contributed by atoms with E-state index in [0.717, 1.165) is 5.56 Å². The van der Waals surface area contributed by atoms with Gasteiger partial charge < -0.3 is 25.6 Å². The monoisotopic (exact) mass is 352 g/mol. The number of amides is 1. The Morgan fingerprint density at radius 3 is 2.60 bits per heavy atom. The molecule has 0 bridgehead atoms. The number of nitrogens with two attached hydrogens (primary N) is 1. The topological polar surface area (TPSA) is 111 Å². The zero-order chi connectivity index (χ0) is 18.3. The molecule has 0 aliphatic heterocycles. The maximum Gasteiger partial charge on any atom is 0.306 e. The van der Waals surface area contributed by atoms with Gasteiger partial charge in [-0.3, -0.25) is 9.59 Å². The molecule has 25 heavy (non-hydrogen) atoms. The quantitative estimate of drug-likeness (QED) is 0.357. The van der Waals surface area contributed by atoms with Crippen LogP contribution >= 0.6 is 0 Å².